The van der Waals surface area contributed by atoms with Gasteiger partial charge in [-0.25, -0.2) is 0 Å². The minimum Gasteiger partial charge on any atom is -0.400 e. The number of hydrogen-bond acceptors (Lipinski definition) is 4. The van der Waals surface area contributed by atoms with Crippen LogP contribution in [0.15, 0.2) is 23.7 Å². The van der Waals surface area contributed by atoms with Crippen molar-refractivity contribution in [2.24, 2.45) is 0 Å². The van der Waals surface area contributed by atoms with Crippen molar-refractivity contribution in [1.29, 1.82) is 0 Å². The van der Waals surface area contributed by atoms with Crippen molar-refractivity contribution >= 4 is 37.4 Å². The lowest BCUT2D eigenvalue weighted by molar-refractivity contribution is -0.116. The Balaban J connectivity index is 1.86. The molecule has 0 unspecified atom stereocenters. The van der Waals surface area contributed by atoms with Gasteiger partial charge in [0.25, 0.3) is 0 Å². The monoisotopic (exact) mass is 359 g/mol. The van der Waals surface area contributed by atoms with E-state index in [0.29, 0.717) is 5.75 Å². The highest BCUT2D eigenvalue weighted by Gasteiger charge is 2.52. The Bertz CT molecular complexity index is 713. The molecule has 2 aliphatic rings. The number of amides is 1. The van der Waals surface area contributed by atoms with Crippen molar-refractivity contribution in [2.45, 2.75) is 52.2 Å². The molecule has 4 nitrogen and oxygen atoms in total. The topological polar surface area (TPSA) is 38.8 Å². The van der Waals surface area contributed by atoms with Gasteiger partial charge >= 0.3 is 7.12 Å². The van der Waals surface area contributed by atoms with Crippen LogP contribution in [0, 0.1) is 0 Å². The van der Waals surface area contributed by atoms with Crippen molar-refractivity contribution in [3.05, 3.63) is 34.8 Å². The van der Waals surface area contributed by atoms with Crippen molar-refractivity contribution in [1.82, 2.24) is 0 Å². The van der Waals surface area contributed by atoms with Gasteiger partial charge in [-0.1, -0.05) is 12.1 Å². The lowest BCUT2D eigenvalue weighted by Crippen LogP contribution is -2.41. The zero-order chi connectivity index (χ0) is 18.4. The van der Waals surface area contributed by atoms with Crippen LogP contribution in [0.3, 0.4) is 0 Å². The second-order valence-electron chi connectivity index (χ2n) is 7.77. The van der Waals surface area contributed by atoms with E-state index in [-0.39, 0.29) is 24.2 Å². The summed E-state index contributed by atoms with van der Waals surface area (Å²) in [6, 6.07) is 6.21. The van der Waals surface area contributed by atoms with Crippen LogP contribution in [-0.2, 0) is 20.5 Å². The van der Waals surface area contributed by atoms with E-state index in [1.807, 2.05) is 17.0 Å². The first-order chi connectivity index (χ1) is 11.6. The summed E-state index contributed by atoms with van der Waals surface area (Å²) in [5.41, 5.74) is 3.59. The number of benzene rings is 1. The van der Waals surface area contributed by atoms with Crippen LogP contribution in [0.2, 0.25) is 0 Å². The third-order valence-electron chi connectivity index (χ3n) is 5.47. The minimum atomic E-state index is -0.385. The average molecular weight is 359 g/mol. The van der Waals surface area contributed by atoms with Crippen molar-refractivity contribution in [3.63, 3.8) is 0 Å². The zero-order valence-corrected chi connectivity index (χ0v) is 16.5. The minimum absolute atomic E-state index is 0.0929. The van der Waals surface area contributed by atoms with E-state index in [2.05, 4.69) is 52.5 Å². The molecule has 25 heavy (non-hydrogen) atoms. The third kappa shape index (κ3) is 3.40. The van der Waals surface area contributed by atoms with Gasteiger partial charge in [0, 0.05) is 24.9 Å². The van der Waals surface area contributed by atoms with Crippen molar-refractivity contribution in [3.8, 4) is 0 Å². The van der Waals surface area contributed by atoms with Crippen LogP contribution in [0.1, 0.15) is 45.7 Å². The SMILES string of the molecule is CC(=O)N1CCc2cc(C=C(CS)B3OC(C)(C)C(C)(C)O3)ccc21. The lowest BCUT2D eigenvalue weighted by atomic mass is 9.78. The average Bonchev–Trinajstić information content (AvgIpc) is 3.02. The molecule has 0 aromatic heterocycles. The van der Waals surface area contributed by atoms with E-state index < -0.39 is 0 Å². The molecule has 3 rings (SSSR count). The van der Waals surface area contributed by atoms with Gasteiger partial charge in [-0.2, -0.15) is 12.6 Å². The summed E-state index contributed by atoms with van der Waals surface area (Å²) < 4.78 is 12.3. The number of fused-ring (bicyclic) bond motifs is 1. The molecule has 0 aliphatic carbocycles. The fourth-order valence-electron chi connectivity index (χ4n) is 3.24. The van der Waals surface area contributed by atoms with Crippen LogP contribution >= 0.6 is 12.6 Å². The maximum absolute atomic E-state index is 11.7. The Labute approximate surface area is 156 Å². The van der Waals surface area contributed by atoms with Gasteiger partial charge in [-0.05, 0) is 62.8 Å². The van der Waals surface area contributed by atoms with Gasteiger partial charge in [0.2, 0.25) is 5.91 Å². The summed E-state index contributed by atoms with van der Waals surface area (Å²) >= 11 is 4.48. The van der Waals surface area contributed by atoms with E-state index in [9.17, 15) is 4.79 Å². The lowest BCUT2D eigenvalue weighted by Gasteiger charge is -2.32. The molecule has 1 fully saturated rings. The molecule has 0 atom stereocenters. The maximum Gasteiger partial charge on any atom is 0.491 e. The Morgan fingerprint density at radius 1 is 1.28 bits per heavy atom. The molecule has 2 aliphatic heterocycles. The number of anilines is 1. The molecule has 0 bridgehead atoms. The smallest absolute Gasteiger partial charge is 0.400 e. The van der Waals surface area contributed by atoms with Crippen LogP contribution in [0.5, 0.6) is 0 Å². The first kappa shape index (κ1) is 18.6. The highest BCUT2D eigenvalue weighted by molar-refractivity contribution is 7.80. The Hall–Kier alpha value is -1.24. The molecule has 1 saturated heterocycles. The molecule has 0 saturated carbocycles. The maximum atomic E-state index is 11.7. The van der Waals surface area contributed by atoms with Crippen LogP contribution in [0.25, 0.3) is 6.08 Å². The van der Waals surface area contributed by atoms with E-state index in [4.69, 9.17) is 9.31 Å². The molecule has 1 aromatic carbocycles. The molecule has 134 valence electrons. The number of rotatable bonds is 3. The molecule has 1 amide bonds. The third-order valence-corrected chi connectivity index (χ3v) is 5.83. The fourth-order valence-corrected chi connectivity index (χ4v) is 3.48. The molecular formula is C19H26BNO3S. The van der Waals surface area contributed by atoms with Gasteiger partial charge in [0.1, 0.15) is 0 Å². The number of hydrogen-bond donors (Lipinski definition) is 1. The summed E-state index contributed by atoms with van der Waals surface area (Å²) in [5.74, 6) is 0.656. The van der Waals surface area contributed by atoms with Gasteiger partial charge in [0.05, 0.1) is 11.2 Å². The molecule has 6 heteroatoms. The summed E-state index contributed by atoms with van der Waals surface area (Å²) in [4.78, 5) is 13.5. The summed E-state index contributed by atoms with van der Waals surface area (Å²) in [6.45, 7) is 10.6. The molecular weight excluding hydrogens is 333 g/mol. The predicted octanol–water partition coefficient (Wildman–Crippen LogP) is 3.54. The molecule has 0 N–H and O–H groups in total. The highest BCUT2D eigenvalue weighted by atomic mass is 32.1. The molecule has 1 aromatic rings. The molecule has 2 heterocycles. The van der Waals surface area contributed by atoms with Crippen LogP contribution < -0.4 is 4.90 Å². The van der Waals surface area contributed by atoms with Crippen LogP contribution in [-0.4, -0.2) is 36.5 Å². The largest absolute Gasteiger partial charge is 0.491 e. The quantitative estimate of drug-likeness (QED) is 0.663. The first-order valence-corrected chi connectivity index (χ1v) is 9.36. The summed E-state index contributed by atoms with van der Waals surface area (Å²) in [7, 11) is -0.385. The van der Waals surface area contributed by atoms with Crippen LogP contribution in [0.4, 0.5) is 5.69 Å². The van der Waals surface area contributed by atoms with E-state index >= 15 is 0 Å². The van der Waals surface area contributed by atoms with Crippen molar-refractivity contribution < 1.29 is 14.1 Å². The first-order valence-electron chi connectivity index (χ1n) is 8.72. The van der Waals surface area contributed by atoms with E-state index in [1.54, 1.807) is 6.92 Å². The number of carbonyl (C=O) groups excluding carboxylic acids is 1. The van der Waals surface area contributed by atoms with Gasteiger partial charge in [-0.15, -0.1) is 0 Å². The van der Waals surface area contributed by atoms with Gasteiger partial charge in [0.15, 0.2) is 0 Å². The van der Waals surface area contributed by atoms with Gasteiger partial charge < -0.3 is 14.2 Å². The standard InChI is InChI=1S/C19H26BNO3S/c1-13(22)21-9-8-15-10-14(6-7-17(15)21)11-16(12-25)20-23-18(2,3)19(4,5)24-20/h6-7,10-11,25H,8-9,12H2,1-5H3. The summed E-state index contributed by atoms with van der Waals surface area (Å²) in [6.07, 6.45) is 2.98. The normalized spacial score (nSPS) is 21.6. The predicted molar refractivity (Wildman–Crippen MR) is 106 cm³/mol. The van der Waals surface area contributed by atoms with Gasteiger partial charge in [-0.3, -0.25) is 4.79 Å². The number of carbonyl (C=O) groups is 1. The highest BCUT2D eigenvalue weighted by Crippen LogP contribution is 2.39. The Kier molecular flexibility index (Phi) is 4.82. The molecule has 0 radical (unpaired) electrons. The number of thiol groups is 1. The number of nitrogens with zero attached hydrogens (tertiary/aromatic N) is 1. The second kappa shape index (κ2) is 6.49. The van der Waals surface area contributed by atoms with Crippen molar-refractivity contribution in [2.75, 3.05) is 17.2 Å². The Morgan fingerprint density at radius 2 is 1.92 bits per heavy atom. The summed E-state index contributed by atoms with van der Waals surface area (Å²) in [5, 5.41) is 0. The van der Waals surface area contributed by atoms with E-state index in [0.717, 1.165) is 29.7 Å². The van der Waals surface area contributed by atoms with E-state index in [1.165, 1.54) is 5.56 Å². The zero-order valence-electron chi connectivity index (χ0n) is 15.6. The fraction of sp³-hybridized carbons (Fsp3) is 0.526. The second-order valence-corrected chi connectivity index (χ2v) is 8.09. The Morgan fingerprint density at radius 3 is 2.48 bits per heavy atom. The molecule has 0 spiro atoms.